The molecule has 2 aliphatic heterocycles. The van der Waals surface area contributed by atoms with Crippen molar-refractivity contribution in [1.29, 1.82) is 0 Å². The molecule has 2 heterocycles. The van der Waals surface area contributed by atoms with Crippen LogP contribution in [-0.4, -0.2) is 15.1 Å². The Balaban J connectivity index is 2.78. The van der Waals surface area contributed by atoms with E-state index in [0.717, 1.165) is 11.4 Å². The minimum Gasteiger partial charge on any atom is -0.351 e. The number of rotatable bonds is 0. The first-order chi connectivity index (χ1) is 4.88. The van der Waals surface area contributed by atoms with E-state index in [2.05, 4.69) is 15.1 Å². The van der Waals surface area contributed by atoms with Gasteiger partial charge in [0.1, 0.15) is 5.69 Å². The molecule has 0 aromatic carbocycles. The van der Waals surface area contributed by atoms with Gasteiger partial charge in [0.05, 0.1) is 11.9 Å². The van der Waals surface area contributed by atoms with Crippen LogP contribution in [0.15, 0.2) is 17.0 Å². The molecule has 0 spiro atoms. The largest absolute Gasteiger partial charge is 0.351 e. The Morgan fingerprint density at radius 3 is 3.10 bits per heavy atom. The van der Waals surface area contributed by atoms with Crippen LogP contribution in [0.25, 0.3) is 11.5 Å². The summed E-state index contributed by atoms with van der Waals surface area (Å²) in [7, 11) is 0. The Morgan fingerprint density at radius 1 is 1.40 bits per heavy atom. The summed E-state index contributed by atoms with van der Waals surface area (Å²) < 4.78 is 4.86. The van der Waals surface area contributed by atoms with Crippen LogP contribution < -0.4 is 0 Å². The van der Waals surface area contributed by atoms with Gasteiger partial charge in [0, 0.05) is 0 Å². The molecular weight excluding hydrogens is 130 g/mol. The lowest BCUT2D eigenvalue weighted by atomic mass is 10.3. The third-order valence-electron chi connectivity index (χ3n) is 1.34. The van der Waals surface area contributed by atoms with Gasteiger partial charge in [-0.3, -0.25) is 4.98 Å². The highest BCUT2D eigenvalue weighted by Gasteiger charge is 2.10. The maximum Gasteiger partial charge on any atom is 0.203 e. The van der Waals surface area contributed by atoms with Crippen LogP contribution in [-0.2, 0) is 0 Å². The van der Waals surface area contributed by atoms with E-state index in [1.54, 1.807) is 6.20 Å². The average molecular weight is 135 g/mol. The van der Waals surface area contributed by atoms with Gasteiger partial charge in [-0.2, -0.15) is 0 Å². The molecule has 50 valence electrons. The molecule has 4 heteroatoms. The lowest BCUT2D eigenvalue weighted by molar-refractivity contribution is 0.404. The molecule has 0 unspecified atom stereocenters. The molecule has 0 radical (unpaired) electrons. The molecule has 0 bridgehead atoms. The van der Waals surface area contributed by atoms with Gasteiger partial charge in [-0.25, -0.2) is 4.98 Å². The normalized spacial score (nSPS) is 10.5. The zero-order valence-corrected chi connectivity index (χ0v) is 5.40. The maximum atomic E-state index is 4.86. The zero-order chi connectivity index (χ0) is 6.97. The van der Waals surface area contributed by atoms with Gasteiger partial charge in [-0.15, -0.1) is 0 Å². The number of fused-ring (bicyclic) bond motifs is 1. The number of nitrogens with zero attached hydrogens (tertiary/aromatic N) is 3. The van der Waals surface area contributed by atoms with Crippen molar-refractivity contribution in [3.63, 3.8) is 0 Å². The minimum absolute atomic E-state index is 0.639. The second-order valence-electron chi connectivity index (χ2n) is 2.00. The molecule has 0 saturated carbocycles. The third kappa shape index (κ3) is 0.586. The summed E-state index contributed by atoms with van der Waals surface area (Å²) in [4.78, 5) is 7.97. The SMILES string of the molecule is Cc1ncc2oncnc1-2. The fourth-order valence-electron chi connectivity index (χ4n) is 0.842. The molecule has 10 heavy (non-hydrogen) atoms. The summed E-state index contributed by atoms with van der Waals surface area (Å²) >= 11 is 0. The molecule has 4 nitrogen and oxygen atoms in total. The topological polar surface area (TPSA) is 51.8 Å². The smallest absolute Gasteiger partial charge is 0.203 e. The van der Waals surface area contributed by atoms with Crippen LogP contribution in [0.1, 0.15) is 5.69 Å². The van der Waals surface area contributed by atoms with E-state index in [9.17, 15) is 0 Å². The van der Waals surface area contributed by atoms with Crippen molar-refractivity contribution in [3.05, 3.63) is 18.2 Å². The van der Waals surface area contributed by atoms with Gasteiger partial charge in [0.15, 0.2) is 6.33 Å². The number of hydrogen-bond acceptors (Lipinski definition) is 4. The zero-order valence-electron chi connectivity index (χ0n) is 5.40. The molecule has 0 atom stereocenters. The Kier molecular flexibility index (Phi) is 0.943. The molecule has 0 aliphatic carbocycles. The van der Waals surface area contributed by atoms with Crippen LogP contribution in [0.3, 0.4) is 0 Å². The van der Waals surface area contributed by atoms with E-state index in [1.807, 2.05) is 6.92 Å². The summed E-state index contributed by atoms with van der Waals surface area (Å²) in [5, 5.41) is 3.50. The van der Waals surface area contributed by atoms with E-state index in [0.29, 0.717) is 5.76 Å². The molecule has 0 saturated heterocycles. The summed E-state index contributed by atoms with van der Waals surface area (Å²) in [6.45, 7) is 1.88. The standard InChI is InChI=1S/C6H5N3O/c1-4-6-5(2-7-4)10-9-3-8-6/h2-3H,1H3. The highest BCUT2D eigenvalue weighted by molar-refractivity contribution is 5.54. The predicted molar refractivity (Wildman–Crippen MR) is 33.5 cm³/mol. The average Bonchev–Trinajstić information content (AvgIpc) is 2.34. The van der Waals surface area contributed by atoms with Gasteiger partial charge in [0.2, 0.25) is 5.76 Å². The van der Waals surface area contributed by atoms with Gasteiger partial charge < -0.3 is 4.52 Å². The molecular formula is C6H5N3O. The molecule has 0 fully saturated rings. The third-order valence-corrected chi connectivity index (χ3v) is 1.34. The first-order valence-corrected chi connectivity index (χ1v) is 2.90. The van der Waals surface area contributed by atoms with Crippen molar-refractivity contribution in [1.82, 2.24) is 15.1 Å². The molecule has 2 rings (SSSR count). The summed E-state index contributed by atoms with van der Waals surface area (Å²) in [5.74, 6) is 0.639. The molecule has 2 aliphatic rings. The van der Waals surface area contributed by atoms with Crippen molar-refractivity contribution < 1.29 is 4.52 Å². The predicted octanol–water partition coefficient (Wildman–Crippen LogP) is 0.878. The number of aromatic nitrogens is 3. The summed E-state index contributed by atoms with van der Waals surface area (Å²) in [5.41, 5.74) is 1.66. The first kappa shape index (κ1) is 5.34. The van der Waals surface area contributed by atoms with E-state index in [4.69, 9.17) is 4.52 Å². The van der Waals surface area contributed by atoms with E-state index < -0.39 is 0 Å². The molecule has 0 amide bonds. The van der Waals surface area contributed by atoms with Crippen LogP contribution in [0.5, 0.6) is 0 Å². The highest BCUT2D eigenvalue weighted by Crippen LogP contribution is 2.19. The Morgan fingerprint density at radius 2 is 2.30 bits per heavy atom. The maximum absolute atomic E-state index is 4.86. The molecule has 0 N–H and O–H groups in total. The van der Waals surface area contributed by atoms with E-state index in [1.165, 1.54) is 6.33 Å². The van der Waals surface area contributed by atoms with Crippen LogP contribution >= 0.6 is 0 Å². The van der Waals surface area contributed by atoms with Gasteiger partial charge in [-0.1, -0.05) is 5.16 Å². The minimum atomic E-state index is 0.639. The highest BCUT2D eigenvalue weighted by atomic mass is 16.5. The monoisotopic (exact) mass is 135 g/mol. The van der Waals surface area contributed by atoms with Crippen LogP contribution in [0.2, 0.25) is 0 Å². The van der Waals surface area contributed by atoms with Crippen molar-refractivity contribution in [2.75, 3.05) is 0 Å². The second kappa shape index (κ2) is 1.76. The first-order valence-electron chi connectivity index (χ1n) is 2.90. The van der Waals surface area contributed by atoms with Gasteiger partial charge in [-0.05, 0) is 6.92 Å². The lowest BCUT2D eigenvalue weighted by Crippen LogP contribution is -1.83. The quantitative estimate of drug-likeness (QED) is 0.538. The summed E-state index contributed by atoms with van der Waals surface area (Å²) in [6, 6.07) is 0. The number of hydrogen-bond donors (Lipinski definition) is 0. The van der Waals surface area contributed by atoms with Crippen LogP contribution in [0, 0.1) is 6.92 Å². The Hall–Kier alpha value is -1.45. The fourth-order valence-corrected chi connectivity index (χ4v) is 0.842. The lowest BCUT2D eigenvalue weighted by Gasteiger charge is -1.90. The van der Waals surface area contributed by atoms with Crippen molar-refractivity contribution in [3.8, 4) is 11.5 Å². The Bertz CT molecular complexity index is 317. The van der Waals surface area contributed by atoms with Crippen molar-refractivity contribution in [2.24, 2.45) is 0 Å². The molecule has 0 aromatic rings. The van der Waals surface area contributed by atoms with E-state index >= 15 is 0 Å². The molecule has 0 aromatic heterocycles. The van der Waals surface area contributed by atoms with Gasteiger partial charge in [0.25, 0.3) is 0 Å². The second-order valence-corrected chi connectivity index (χ2v) is 2.00. The summed E-state index contributed by atoms with van der Waals surface area (Å²) in [6.07, 6.45) is 2.99. The fraction of sp³-hybridized carbons (Fsp3) is 0.167. The van der Waals surface area contributed by atoms with Crippen molar-refractivity contribution in [2.45, 2.75) is 6.92 Å². The van der Waals surface area contributed by atoms with Crippen LogP contribution in [0.4, 0.5) is 0 Å². The van der Waals surface area contributed by atoms with E-state index in [-0.39, 0.29) is 0 Å². The van der Waals surface area contributed by atoms with Gasteiger partial charge >= 0.3 is 0 Å². The Labute approximate surface area is 57.2 Å². The number of aryl methyl sites for hydroxylation is 1. The van der Waals surface area contributed by atoms with Crippen molar-refractivity contribution >= 4 is 0 Å².